The summed E-state index contributed by atoms with van der Waals surface area (Å²) in [5.41, 5.74) is 1.51. The van der Waals surface area contributed by atoms with Crippen molar-refractivity contribution in [1.82, 2.24) is 14.6 Å². The third-order valence-electron chi connectivity index (χ3n) is 2.08. The molecule has 0 unspecified atom stereocenters. The third kappa shape index (κ3) is 1.96. The molecule has 0 bridgehead atoms. The summed E-state index contributed by atoms with van der Waals surface area (Å²) in [5, 5.41) is 10.4. The van der Waals surface area contributed by atoms with Crippen molar-refractivity contribution in [3.8, 4) is 0 Å². The highest BCUT2D eigenvalue weighted by molar-refractivity contribution is 5.91. The van der Waals surface area contributed by atoms with Crippen LogP contribution in [0.1, 0.15) is 13.8 Å². The summed E-state index contributed by atoms with van der Waals surface area (Å²) in [6, 6.07) is 3.62. The average molecular weight is 204 g/mol. The number of pyridine rings is 1. The Morgan fingerprint density at radius 3 is 3.00 bits per heavy atom. The van der Waals surface area contributed by atoms with Crippen molar-refractivity contribution >= 4 is 17.2 Å². The van der Waals surface area contributed by atoms with Crippen LogP contribution in [-0.4, -0.2) is 20.5 Å². The first kappa shape index (κ1) is 9.64. The molecule has 0 saturated carbocycles. The normalized spacial score (nSPS) is 10.9. The Morgan fingerprint density at radius 1 is 1.47 bits per heavy atom. The lowest BCUT2D eigenvalue weighted by Gasteiger charge is -2.07. The summed E-state index contributed by atoms with van der Waals surface area (Å²) >= 11 is 0. The number of hydrogen-bond donors (Lipinski definition) is 1. The minimum atomic E-state index is -0.0263. The monoisotopic (exact) mass is 204 g/mol. The maximum absolute atomic E-state index is 11.4. The summed E-state index contributed by atoms with van der Waals surface area (Å²) < 4.78 is 1.76. The van der Waals surface area contributed by atoms with Crippen LogP contribution in [-0.2, 0) is 4.79 Å². The SMILES string of the molecule is CC(C)C(=O)Nc1ccc2nncn2c1. The summed E-state index contributed by atoms with van der Waals surface area (Å²) in [5.74, 6) is -0.0240. The van der Waals surface area contributed by atoms with Gasteiger partial charge in [0.2, 0.25) is 5.91 Å². The number of rotatable bonds is 2. The van der Waals surface area contributed by atoms with Gasteiger partial charge < -0.3 is 5.32 Å². The van der Waals surface area contributed by atoms with E-state index in [1.807, 2.05) is 26.0 Å². The van der Waals surface area contributed by atoms with Crippen molar-refractivity contribution in [3.63, 3.8) is 0 Å². The fraction of sp³-hybridized carbons (Fsp3) is 0.300. The van der Waals surface area contributed by atoms with Gasteiger partial charge in [-0.1, -0.05) is 13.8 Å². The minimum absolute atomic E-state index is 0.00224. The van der Waals surface area contributed by atoms with E-state index >= 15 is 0 Å². The highest BCUT2D eigenvalue weighted by atomic mass is 16.1. The van der Waals surface area contributed by atoms with Crippen LogP contribution in [0.3, 0.4) is 0 Å². The molecule has 0 atom stereocenters. The number of nitrogens with one attached hydrogen (secondary N) is 1. The smallest absolute Gasteiger partial charge is 0.226 e. The molecule has 5 heteroatoms. The van der Waals surface area contributed by atoms with Crippen molar-refractivity contribution in [2.75, 3.05) is 5.32 Å². The van der Waals surface area contributed by atoms with Gasteiger partial charge in [0, 0.05) is 12.1 Å². The van der Waals surface area contributed by atoms with Gasteiger partial charge in [-0.15, -0.1) is 10.2 Å². The Morgan fingerprint density at radius 2 is 2.27 bits per heavy atom. The molecule has 0 spiro atoms. The number of carbonyl (C=O) groups excluding carboxylic acids is 1. The molecule has 2 aromatic heterocycles. The molecule has 78 valence electrons. The lowest BCUT2D eigenvalue weighted by molar-refractivity contribution is -0.118. The molecule has 0 aliphatic heterocycles. The van der Waals surface area contributed by atoms with Gasteiger partial charge in [0.1, 0.15) is 6.33 Å². The van der Waals surface area contributed by atoms with Crippen LogP contribution in [0.5, 0.6) is 0 Å². The first-order valence-electron chi connectivity index (χ1n) is 4.77. The van der Waals surface area contributed by atoms with E-state index in [0.29, 0.717) is 0 Å². The van der Waals surface area contributed by atoms with Crippen molar-refractivity contribution in [2.45, 2.75) is 13.8 Å². The van der Waals surface area contributed by atoms with E-state index in [1.165, 1.54) is 0 Å². The van der Waals surface area contributed by atoms with E-state index in [2.05, 4.69) is 15.5 Å². The molecule has 1 N–H and O–H groups in total. The third-order valence-corrected chi connectivity index (χ3v) is 2.08. The van der Waals surface area contributed by atoms with Crippen molar-refractivity contribution in [2.24, 2.45) is 5.92 Å². The molecule has 0 aromatic carbocycles. The van der Waals surface area contributed by atoms with Gasteiger partial charge in [-0.2, -0.15) is 0 Å². The molecule has 0 fully saturated rings. The van der Waals surface area contributed by atoms with Crippen molar-refractivity contribution in [3.05, 3.63) is 24.7 Å². The average Bonchev–Trinajstić information content (AvgIpc) is 2.64. The van der Waals surface area contributed by atoms with Crippen LogP contribution in [0, 0.1) is 5.92 Å². The Kier molecular flexibility index (Phi) is 2.37. The topological polar surface area (TPSA) is 59.3 Å². The maximum atomic E-state index is 11.4. The number of anilines is 1. The van der Waals surface area contributed by atoms with Gasteiger partial charge in [-0.05, 0) is 12.1 Å². The molecule has 0 radical (unpaired) electrons. The molecule has 2 rings (SSSR count). The fourth-order valence-electron chi connectivity index (χ4n) is 1.19. The summed E-state index contributed by atoms with van der Waals surface area (Å²) in [4.78, 5) is 11.4. The number of nitrogens with zero attached hydrogens (tertiary/aromatic N) is 3. The number of fused-ring (bicyclic) bond motifs is 1. The molecule has 0 aliphatic carbocycles. The Hall–Kier alpha value is -1.91. The lowest BCUT2D eigenvalue weighted by Crippen LogP contribution is -2.17. The van der Waals surface area contributed by atoms with Crippen LogP contribution in [0.25, 0.3) is 5.65 Å². The van der Waals surface area contributed by atoms with Crippen LogP contribution < -0.4 is 5.32 Å². The molecule has 1 amide bonds. The predicted octanol–water partition coefficient (Wildman–Crippen LogP) is 1.32. The largest absolute Gasteiger partial charge is 0.325 e. The van der Waals surface area contributed by atoms with Crippen molar-refractivity contribution in [1.29, 1.82) is 0 Å². The zero-order valence-corrected chi connectivity index (χ0v) is 8.64. The molecule has 2 heterocycles. The lowest BCUT2D eigenvalue weighted by atomic mass is 10.2. The van der Waals surface area contributed by atoms with E-state index in [-0.39, 0.29) is 11.8 Å². The second-order valence-electron chi connectivity index (χ2n) is 3.66. The molecule has 15 heavy (non-hydrogen) atoms. The van der Waals surface area contributed by atoms with Crippen LogP contribution in [0.4, 0.5) is 5.69 Å². The van der Waals surface area contributed by atoms with Gasteiger partial charge in [0.15, 0.2) is 5.65 Å². The summed E-state index contributed by atoms with van der Waals surface area (Å²) in [7, 11) is 0. The molecule has 2 aromatic rings. The van der Waals surface area contributed by atoms with Crippen LogP contribution in [0.2, 0.25) is 0 Å². The molecule has 0 aliphatic rings. The zero-order valence-electron chi connectivity index (χ0n) is 8.64. The predicted molar refractivity (Wildman–Crippen MR) is 56.5 cm³/mol. The Bertz CT molecular complexity index is 489. The molecule has 0 saturated heterocycles. The highest BCUT2D eigenvalue weighted by Gasteiger charge is 2.07. The molecular weight excluding hydrogens is 192 g/mol. The summed E-state index contributed by atoms with van der Waals surface area (Å²) in [6.07, 6.45) is 3.38. The van der Waals surface area contributed by atoms with Crippen molar-refractivity contribution < 1.29 is 4.79 Å². The first-order chi connectivity index (χ1) is 7.16. The second kappa shape index (κ2) is 3.68. The number of hydrogen-bond acceptors (Lipinski definition) is 3. The number of amides is 1. The van der Waals surface area contributed by atoms with E-state index in [0.717, 1.165) is 11.3 Å². The van der Waals surface area contributed by atoms with Crippen LogP contribution >= 0.6 is 0 Å². The highest BCUT2D eigenvalue weighted by Crippen LogP contribution is 2.10. The molecule has 5 nitrogen and oxygen atoms in total. The van der Waals surface area contributed by atoms with Crippen LogP contribution in [0.15, 0.2) is 24.7 Å². The molecular formula is C10H12N4O. The number of aromatic nitrogens is 3. The van der Waals surface area contributed by atoms with Gasteiger partial charge >= 0.3 is 0 Å². The van der Waals surface area contributed by atoms with Gasteiger partial charge in [0.25, 0.3) is 0 Å². The number of carbonyl (C=O) groups is 1. The van der Waals surface area contributed by atoms with E-state index in [9.17, 15) is 4.79 Å². The van der Waals surface area contributed by atoms with E-state index < -0.39 is 0 Å². The maximum Gasteiger partial charge on any atom is 0.226 e. The van der Waals surface area contributed by atoms with Gasteiger partial charge in [-0.25, -0.2) is 0 Å². The van der Waals surface area contributed by atoms with Gasteiger partial charge in [-0.3, -0.25) is 9.20 Å². The van der Waals surface area contributed by atoms with Gasteiger partial charge in [0.05, 0.1) is 5.69 Å². The standard InChI is InChI=1S/C10H12N4O/c1-7(2)10(15)12-8-3-4-9-13-11-6-14(9)5-8/h3-7H,1-2H3,(H,12,15). The Labute approximate surface area is 87.1 Å². The zero-order chi connectivity index (χ0) is 10.8. The minimum Gasteiger partial charge on any atom is -0.325 e. The van der Waals surface area contributed by atoms with E-state index in [1.54, 1.807) is 16.9 Å². The first-order valence-corrected chi connectivity index (χ1v) is 4.77. The summed E-state index contributed by atoms with van der Waals surface area (Å²) in [6.45, 7) is 3.71. The van der Waals surface area contributed by atoms with E-state index in [4.69, 9.17) is 0 Å². The fourth-order valence-corrected chi connectivity index (χ4v) is 1.19. The quantitative estimate of drug-likeness (QED) is 0.802. The second-order valence-corrected chi connectivity index (χ2v) is 3.66. The Balaban J connectivity index is 2.25.